The number of amides is 3. The molecule has 7 heteroatoms. The van der Waals surface area contributed by atoms with Crippen LogP contribution in [0.5, 0.6) is 0 Å². The van der Waals surface area contributed by atoms with Crippen molar-refractivity contribution in [1.29, 1.82) is 0 Å². The van der Waals surface area contributed by atoms with Gasteiger partial charge in [-0.05, 0) is 32.4 Å². The molecule has 0 bridgehead atoms. The molecule has 1 heterocycles. The number of ether oxygens (including phenoxy) is 1. The second-order valence-corrected chi connectivity index (χ2v) is 6.77. The molecule has 0 spiro atoms. The van der Waals surface area contributed by atoms with Crippen molar-refractivity contribution >= 4 is 23.7 Å². The lowest BCUT2D eigenvalue weighted by Gasteiger charge is -2.21. The minimum absolute atomic E-state index is 0.00332. The second-order valence-electron chi connectivity index (χ2n) is 6.77. The summed E-state index contributed by atoms with van der Waals surface area (Å²) in [5.74, 6) is -2.26. The number of fused-ring (bicyclic) bond motifs is 1. The van der Waals surface area contributed by atoms with E-state index in [-0.39, 0.29) is 17.2 Å². The molecule has 3 amide bonds. The third-order valence-electron chi connectivity index (χ3n) is 4.55. The van der Waals surface area contributed by atoms with Gasteiger partial charge in [-0.25, -0.2) is 4.79 Å². The average Bonchev–Trinajstić information content (AvgIpc) is 2.90. The van der Waals surface area contributed by atoms with E-state index in [0.717, 1.165) is 30.6 Å². The molecule has 0 fully saturated rings. The quantitative estimate of drug-likeness (QED) is 0.407. The van der Waals surface area contributed by atoms with E-state index in [4.69, 9.17) is 4.74 Å². The van der Waals surface area contributed by atoms with Crippen LogP contribution >= 0.6 is 0 Å². The Morgan fingerprint density at radius 2 is 1.67 bits per heavy atom. The highest BCUT2D eigenvalue weighted by Crippen LogP contribution is 2.24. The highest BCUT2D eigenvalue weighted by atomic mass is 16.5. The molecule has 0 radical (unpaired) electrons. The van der Waals surface area contributed by atoms with E-state index in [1.807, 2.05) is 6.92 Å². The van der Waals surface area contributed by atoms with Crippen LogP contribution in [-0.2, 0) is 14.3 Å². The molecular formula is C20H26N2O5. The minimum atomic E-state index is -1.10. The predicted molar refractivity (Wildman–Crippen MR) is 99.1 cm³/mol. The van der Waals surface area contributed by atoms with E-state index in [1.165, 1.54) is 6.92 Å². The van der Waals surface area contributed by atoms with E-state index in [2.05, 4.69) is 12.2 Å². The minimum Gasteiger partial charge on any atom is -0.454 e. The standard InChI is InChI=1S/C20H26N2O5/c1-4-5-6-9-13(2)21-17(23)12-27-20(26)14(3)22-18(24)15-10-7-8-11-16(15)19(22)25/h7-8,10-11,13-14H,4-6,9,12H2,1-3H3,(H,21,23)/t13-,14-/m1/s1. The predicted octanol–water partition coefficient (Wildman–Crippen LogP) is 2.30. The van der Waals surface area contributed by atoms with Gasteiger partial charge in [0.15, 0.2) is 6.61 Å². The fraction of sp³-hybridized carbons (Fsp3) is 0.500. The van der Waals surface area contributed by atoms with E-state index in [1.54, 1.807) is 24.3 Å². The Balaban J connectivity index is 1.85. The first-order valence-electron chi connectivity index (χ1n) is 9.29. The maximum absolute atomic E-state index is 12.4. The number of hydrogen-bond acceptors (Lipinski definition) is 5. The average molecular weight is 374 g/mol. The summed E-state index contributed by atoms with van der Waals surface area (Å²) < 4.78 is 5.00. The summed E-state index contributed by atoms with van der Waals surface area (Å²) in [6.07, 6.45) is 4.09. The van der Waals surface area contributed by atoms with Gasteiger partial charge in [0.05, 0.1) is 11.1 Å². The summed E-state index contributed by atoms with van der Waals surface area (Å²) in [6.45, 7) is 4.98. The van der Waals surface area contributed by atoms with Crippen LogP contribution in [0, 0.1) is 0 Å². The number of carbonyl (C=O) groups excluding carboxylic acids is 4. The van der Waals surface area contributed by atoms with Crippen molar-refractivity contribution in [3.8, 4) is 0 Å². The summed E-state index contributed by atoms with van der Waals surface area (Å²) in [4.78, 5) is 49.8. The van der Waals surface area contributed by atoms with Gasteiger partial charge in [-0.2, -0.15) is 0 Å². The molecule has 2 atom stereocenters. The van der Waals surface area contributed by atoms with Gasteiger partial charge in [-0.3, -0.25) is 19.3 Å². The van der Waals surface area contributed by atoms with Crippen LogP contribution in [0.15, 0.2) is 24.3 Å². The van der Waals surface area contributed by atoms with Crippen molar-refractivity contribution in [3.63, 3.8) is 0 Å². The SMILES string of the molecule is CCCCC[C@@H](C)NC(=O)COC(=O)[C@@H](C)N1C(=O)c2ccccc2C1=O. The first-order valence-corrected chi connectivity index (χ1v) is 9.29. The monoisotopic (exact) mass is 374 g/mol. The van der Waals surface area contributed by atoms with Crippen LogP contribution < -0.4 is 5.32 Å². The van der Waals surface area contributed by atoms with Crippen molar-refractivity contribution in [1.82, 2.24) is 10.2 Å². The Hall–Kier alpha value is -2.70. The molecule has 2 rings (SSSR count). The van der Waals surface area contributed by atoms with Crippen LogP contribution in [0.25, 0.3) is 0 Å². The molecule has 1 aliphatic rings. The number of carbonyl (C=O) groups is 4. The number of hydrogen-bond donors (Lipinski definition) is 1. The number of unbranched alkanes of at least 4 members (excludes halogenated alkanes) is 2. The highest BCUT2D eigenvalue weighted by molar-refractivity contribution is 6.22. The first-order chi connectivity index (χ1) is 12.9. The molecule has 1 N–H and O–H groups in total. The van der Waals surface area contributed by atoms with Gasteiger partial charge < -0.3 is 10.1 Å². The van der Waals surface area contributed by atoms with E-state index >= 15 is 0 Å². The van der Waals surface area contributed by atoms with Gasteiger partial charge >= 0.3 is 5.97 Å². The molecule has 0 saturated heterocycles. The van der Waals surface area contributed by atoms with Gasteiger partial charge in [0.1, 0.15) is 6.04 Å². The zero-order valence-electron chi connectivity index (χ0n) is 16.0. The van der Waals surface area contributed by atoms with E-state index < -0.39 is 36.3 Å². The molecular weight excluding hydrogens is 348 g/mol. The largest absolute Gasteiger partial charge is 0.454 e. The van der Waals surface area contributed by atoms with Gasteiger partial charge in [0.2, 0.25) is 0 Å². The highest BCUT2D eigenvalue weighted by Gasteiger charge is 2.41. The summed E-state index contributed by atoms with van der Waals surface area (Å²) in [5.41, 5.74) is 0.529. The molecule has 146 valence electrons. The fourth-order valence-electron chi connectivity index (χ4n) is 3.01. The summed E-state index contributed by atoms with van der Waals surface area (Å²) in [5, 5.41) is 2.77. The van der Waals surface area contributed by atoms with Crippen molar-refractivity contribution in [3.05, 3.63) is 35.4 Å². The van der Waals surface area contributed by atoms with E-state index in [9.17, 15) is 19.2 Å². The normalized spacial score (nSPS) is 15.3. The zero-order chi connectivity index (χ0) is 20.0. The van der Waals surface area contributed by atoms with Gasteiger partial charge in [-0.15, -0.1) is 0 Å². The molecule has 1 aliphatic heterocycles. The Bertz CT molecular complexity index is 696. The smallest absolute Gasteiger partial charge is 0.329 e. The fourth-order valence-corrected chi connectivity index (χ4v) is 3.01. The van der Waals surface area contributed by atoms with Crippen molar-refractivity contribution in [2.45, 2.75) is 58.5 Å². The van der Waals surface area contributed by atoms with Crippen molar-refractivity contribution in [2.75, 3.05) is 6.61 Å². The molecule has 0 unspecified atom stereocenters. The summed E-state index contributed by atoms with van der Waals surface area (Å²) >= 11 is 0. The summed E-state index contributed by atoms with van der Waals surface area (Å²) in [6, 6.07) is 5.29. The number of nitrogens with zero attached hydrogens (tertiary/aromatic N) is 1. The van der Waals surface area contributed by atoms with Gasteiger partial charge in [-0.1, -0.05) is 38.3 Å². The maximum Gasteiger partial charge on any atom is 0.329 e. The first kappa shape index (κ1) is 20.6. The maximum atomic E-state index is 12.4. The lowest BCUT2D eigenvalue weighted by molar-refractivity contribution is -0.152. The Morgan fingerprint density at radius 1 is 1.07 bits per heavy atom. The Kier molecular flexibility index (Phi) is 7.10. The third kappa shape index (κ3) is 4.93. The van der Waals surface area contributed by atoms with Crippen LogP contribution in [-0.4, -0.2) is 47.3 Å². The zero-order valence-corrected chi connectivity index (χ0v) is 16.0. The number of nitrogens with one attached hydrogen (secondary N) is 1. The molecule has 0 saturated carbocycles. The van der Waals surface area contributed by atoms with Crippen molar-refractivity contribution < 1.29 is 23.9 Å². The number of benzene rings is 1. The van der Waals surface area contributed by atoms with E-state index in [0.29, 0.717) is 0 Å². The molecule has 1 aromatic carbocycles. The van der Waals surface area contributed by atoms with Crippen LogP contribution in [0.4, 0.5) is 0 Å². The lowest BCUT2D eigenvalue weighted by atomic mass is 10.1. The number of esters is 1. The second kappa shape index (κ2) is 9.30. The van der Waals surface area contributed by atoms with Crippen molar-refractivity contribution in [2.24, 2.45) is 0 Å². The van der Waals surface area contributed by atoms with Crippen LogP contribution in [0.3, 0.4) is 0 Å². The molecule has 27 heavy (non-hydrogen) atoms. The molecule has 7 nitrogen and oxygen atoms in total. The third-order valence-corrected chi connectivity index (χ3v) is 4.55. The number of rotatable bonds is 9. The van der Waals surface area contributed by atoms with Gasteiger partial charge in [0, 0.05) is 6.04 Å². The topological polar surface area (TPSA) is 92.8 Å². The number of imide groups is 1. The molecule has 0 aliphatic carbocycles. The molecule has 0 aromatic heterocycles. The van der Waals surface area contributed by atoms with Crippen LogP contribution in [0.2, 0.25) is 0 Å². The molecule has 1 aromatic rings. The Labute approximate surface area is 159 Å². The van der Waals surface area contributed by atoms with Crippen LogP contribution in [0.1, 0.15) is 67.2 Å². The summed E-state index contributed by atoms with van der Waals surface area (Å²) in [7, 11) is 0. The Morgan fingerprint density at radius 3 is 2.22 bits per heavy atom. The lowest BCUT2D eigenvalue weighted by Crippen LogP contribution is -2.45. The van der Waals surface area contributed by atoms with Gasteiger partial charge in [0.25, 0.3) is 17.7 Å².